The first-order valence-electron chi connectivity index (χ1n) is 7.75. The van der Waals surface area contributed by atoms with Crippen LogP contribution in [0, 0.1) is 0 Å². The molecular formula is C18H17BrN2O6S. The van der Waals surface area contributed by atoms with E-state index in [2.05, 4.69) is 26.6 Å². The molecule has 0 bridgehead atoms. The van der Waals surface area contributed by atoms with Crippen LogP contribution in [0.5, 0.6) is 17.2 Å². The lowest BCUT2D eigenvalue weighted by atomic mass is 10.1. The second-order valence-electron chi connectivity index (χ2n) is 5.32. The number of benzene rings is 2. The first kappa shape index (κ1) is 21.5. The van der Waals surface area contributed by atoms with Crippen LogP contribution in [-0.4, -0.2) is 43.4 Å². The van der Waals surface area contributed by atoms with Gasteiger partial charge in [-0.15, -0.1) is 0 Å². The first-order chi connectivity index (χ1) is 13.3. The maximum Gasteiger partial charge on any atom is 0.335 e. The van der Waals surface area contributed by atoms with E-state index in [-0.39, 0.29) is 16.2 Å². The summed E-state index contributed by atoms with van der Waals surface area (Å²) in [5.41, 5.74) is 0.705. The van der Waals surface area contributed by atoms with Crippen LogP contribution < -0.4 is 24.8 Å². The molecule has 0 unspecified atom stereocenters. The molecule has 2 rings (SSSR count). The molecule has 2 aromatic carbocycles. The molecule has 0 spiro atoms. The van der Waals surface area contributed by atoms with E-state index in [0.29, 0.717) is 27.4 Å². The van der Waals surface area contributed by atoms with Crippen LogP contribution >= 0.6 is 28.1 Å². The van der Waals surface area contributed by atoms with Crippen LogP contribution in [0.1, 0.15) is 20.7 Å². The van der Waals surface area contributed by atoms with Crippen molar-refractivity contribution in [1.82, 2.24) is 5.32 Å². The molecule has 0 saturated carbocycles. The van der Waals surface area contributed by atoms with Gasteiger partial charge in [0.2, 0.25) is 5.75 Å². The van der Waals surface area contributed by atoms with Crippen molar-refractivity contribution in [2.75, 3.05) is 26.6 Å². The highest BCUT2D eigenvalue weighted by Gasteiger charge is 2.18. The SMILES string of the molecule is COc1cc(C(=O)NC(=S)Nc2cc(C(=O)O)ccc2Br)cc(OC)c1OC. The number of anilines is 1. The quantitative estimate of drug-likeness (QED) is 0.554. The van der Waals surface area contributed by atoms with E-state index >= 15 is 0 Å². The summed E-state index contributed by atoms with van der Waals surface area (Å²) in [6.07, 6.45) is 0. The zero-order valence-corrected chi connectivity index (χ0v) is 17.6. The number of thiocarbonyl (C=S) groups is 1. The lowest BCUT2D eigenvalue weighted by Gasteiger charge is -2.15. The molecule has 1 amide bonds. The molecule has 0 fully saturated rings. The number of carboxylic acid groups (broad SMARTS) is 1. The van der Waals surface area contributed by atoms with Crippen LogP contribution in [0.25, 0.3) is 0 Å². The van der Waals surface area contributed by atoms with Gasteiger partial charge in [-0.2, -0.15) is 0 Å². The van der Waals surface area contributed by atoms with E-state index in [1.54, 1.807) is 6.07 Å². The second-order valence-corrected chi connectivity index (χ2v) is 6.58. The first-order valence-corrected chi connectivity index (χ1v) is 8.96. The van der Waals surface area contributed by atoms with E-state index in [0.717, 1.165) is 0 Å². The number of hydrogen-bond donors (Lipinski definition) is 3. The average molecular weight is 469 g/mol. The summed E-state index contributed by atoms with van der Waals surface area (Å²) in [4.78, 5) is 23.7. The third-order valence-corrected chi connectivity index (χ3v) is 4.51. The van der Waals surface area contributed by atoms with Gasteiger partial charge < -0.3 is 24.6 Å². The van der Waals surface area contributed by atoms with Gasteiger partial charge >= 0.3 is 5.97 Å². The van der Waals surface area contributed by atoms with E-state index in [9.17, 15) is 9.59 Å². The van der Waals surface area contributed by atoms with E-state index in [4.69, 9.17) is 31.5 Å². The smallest absolute Gasteiger partial charge is 0.335 e. The number of ether oxygens (including phenoxy) is 3. The molecular weight excluding hydrogens is 452 g/mol. The molecule has 0 aliphatic rings. The van der Waals surface area contributed by atoms with E-state index in [1.165, 1.54) is 45.6 Å². The third-order valence-electron chi connectivity index (χ3n) is 3.62. The monoisotopic (exact) mass is 468 g/mol. The second kappa shape index (κ2) is 9.38. The highest BCUT2D eigenvalue weighted by Crippen LogP contribution is 2.38. The number of carbonyl (C=O) groups excluding carboxylic acids is 1. The Kier molecular flexibility index (Phi) is 7.18. The standard InChI is InChI=1S/C18H17BrN2O6S/c1-25-13-7-10(8-14(26-2)15(13)27-3)16(22)21-18(28)20-12-6-9(17(23)24)4-5-11(12)19/h4-8H,1-3H3,(H,23,24)(H2,20,21,22,28). The zero-order valence-electron chi connectivity index (χ0n) is 15.2. The van der Waals surface area contributed by atoms with Crippen LogP contribution in [-0.2, 0) is 0 Å². The number of amides is 1. The molecule has 0 aliphatic carbocycles. The van der Waals surface area contributed by atoms with Gasteiger partial charge in [-0.25, -0.2) is 4.79 Å². The zero-order chi connectivity index (χ0) is 20.8. The Hall–Kier alpha value is -2.85. The minimum atomic E-state index is -1.08. The van der Waals surface area contributed by atoms with Gasteiger partial charge in [-0.1, -0.05) is 0 Å². The lowest BCUT2D eigenvalue weighted by molar-refractivity contribution is 0.0696. The van der Waals surface area contributed by atoms with Gasteiger partial charge in [-0.3, -0.25) is 10.1 Å². The molecule has 0 radical (unpaired) electrons. The van der Waals surface area contributed by atoms with Crippen molar-refractivity contribution in [1.29, 1.82) is 0 Å². The number of aromatic carboxylic acids is 1. The van der Waals surface area contributed by atoms with Crippen LogP contribution in [0.4, 0.5) is 5.69 Å². The normalized spacial score (nSPS) is 10.0. The third kappa shape index (κ3) is 4.90. The summed E-state index contributed by atoms with van der Waals surface area (Å²) in [5.74, 6) is -0.590. The summed E-state index contributed by atoms with van der Waals surface area (Å²) in [7, 11) is 4.35. The van der Waals surface area contributed by atoms with Crippen molar-refractivity contribution in [2.24, 2.45) is 0 Å². The maximum atomic E-state index is 12.5. The Balaban J connectivity index is 2.20. The Morgan fingerprint density at radius 1 is 1.00 bits per heavy atom. The summed E-state index contributed by atoms with van der Waals surface area (Å²) < 4.78 is 16.3. The van der Waals surface area contributed by atoms with Crippen molar-refractivity contribution < 1.29 is 28.9 Å². The van der Waals surface area contributed by atoms with Gasteiger partial charge in [0.25, 0.3) is 5.91 Å². The Morgan fingerprint density at radius 2 is 1.61 bits per heavy atom. The fourth-order valence-electron chi connectivity index (χ4n) is 2.30. The molecule has 10 heteroatoms. The van der Waals surface area contributed by atoms with Gasteiger partial charge in [0.15, 0.2) is 16.6 Å². The lowest BCUT2D eigenvalue weighted by Crippen LogP contribution is -2.34. The van der Waals surface area contributed by atoms with Crippen LogP contribution in [0.15, 0.2) is 34.8 Å². The molecule has 3 N–H and O–H groups in total. The highest BCUT2D eigenvalue weighted by atomic mass is 79.9. The number of methoxy groups -OCH3 is 3. The number of halogens is 1. The van der Waals surface area contributed by atoms with Crippen molar-refractivity contribution in [3.8, 4) is 17.2 Å². The molecule has 0 aliphatic heterocycles. The fraction of sp³-hybridized carbons (Fsp3) is 0.167. The molecule has 0 saturated heterocycles. The van der Waals surface area contributed by atoms with Gasteiger partial charge in [0, 0.05) is 10.0 Å². The minimum Gasteiger partial charge on any atom is -0.493 e. The Labute approximate surface area is 174 Å². The van der Waals surface area contributed by atoms with Crippen LogP contribution in [0.3, 0.4) is 0 Å². The molecule has 8 nitrogen and oxygen atoms in total. The molecule has 148 valence electrons. The molecule has 0 atom stereocenters. The molecule has 2 aromatic rings. The predicted octanol–water partition coefficient (Wildman–Crippen LogP) is 3.30. The van der Waals surface area contributed by atoms with Gasteiger partial charge in [0.05, 0.1) is 32.6 Å². The summed E-state index contributed by atoms with van der Waals surface area (Å²) in [6, 6.07) is 7.37. The number of carboxylic acids is 1. The topological polar surface area (TPSA) is 106 Å². The van der Waals surface area contributed by atoms with Crippen molar-refractivity contribution >= 4 is 50.8 Å². The fourth-order valence-corrected chi connectivity index (χ4v) is 2.84. The van der Waals surface area contributed by atoms with Crippen molar-refractivity contribution in [3.63, 3.8) is 0 Å². The number of hydrogen-bond acceptors (Lipinski definition) is 6. The van der Waals surface area contributed by atoms with E-state index < -0.39 is 11.9 Å². The van der Waals surface area contributed by atoms with Gasteiger partial charge in [0.1, 0.15) is 0 Å². The molecule has 0 heterocycles. The minimum absolute atomic E-state index is 0.0120. The Morgan fingerprint density at radius 3 is 2.11 bits per heavy atom. The average Bonchev–Trinajstić information content (AvgIpc) is 2.67. The highest BCUT2D eigenvalue weighted by molar-refractivity contribution is 9.10. The summed E-state index contributed by atoms with van der Waals surface area (Å²) in [6.45, 7) is 0. The van der Waals surface area contributed by atoms with Gasteiger partial charge in [-0.05, 0) is 58.5 Å². The maximum absolute atomic E-state index is 12.5. The summed E-state index contributed by atoms with van der Waals surface area (Å²) in [5, 5.41) is 14.4. The molecule has 28 heavy (non-hydrogen) atoms. The largest absolute Gasteiger partial charge is 0.493 e. The number of nitrogens with one attached hydrogen (secondary N) is 2. The predicted molar refractivity (Wildman–Crippen MR) is 111 cm³/mol. The van der Waals surface area contributed by atoms with Crippen LogP contribution in [0.2, 0.25) is 0 Å². The van der Waals surface area contributed by atoms with E-state index in [1.807, 2.05) is 0 Å². The van der Waals surface area contributed by atoms with Crippen molar-refractivity contribution in [3.05, 3.63) is 45.9 Å². The molecule has 0 aromatic heterocycles. The van der Waals surface area contributed by atoms with Crippen molar-refractivity contribution in [2.45, 2.75) is 0 Å². The summed E-state index contributed by atoms with van der Waals surface area (Å²) >= 11 is 8.45. The number of carbonyl (C=O) groups is 2. The number of rotatable bonds is 6. The Bertz CT molecular complexity index is 909.